The van der Waals surface area contributed by atoms with E-state index in [4.69, 9.17) is 32.7 Å². The molecule has 2 aromatic rings. The topological polar surface area (TPSA) is 55.8 Å². The van der Waals surface area contributed by atoms with Crippen LogP contribution in [0.3, 0.4) is 0 Å². The molecule has 0 spiro atoms. The van der Waals surface area contributed by atoms with Gasteiger partial charge in [0.05, 0.1) is 17.2 Å². The van der Waals surface area contributed by atoms with E-state index >= 15 is 0 Å². The molecular formula is C28H34Cl2O4. The summed E-state index contributed by atoms with van der Waals surface area (Å²) in [6.45, 7) is 14.3. The second kappa shape index (κ2) is 10.7. The summed E-state index contributed by atoms with van der Waals surface area (Å²) in [5, 5.41) is 10.3. The summed E-state index contributed by atoms with van der Waals surface area (Å²) in [6.07, 6.45) is 1.28. The Balaban J connectivity index is 2.10. The van der Waals surface area contributed by atoms with Crippen molar-refractivity contribution in [1.82, 2.24) is 0 Å². The molecule has 34 heavy (non-hydrogen) atoms. The van der Waals surface area contributed by atoms with Crippen LogP contribution in [0.25, 0.3) is 0 Å². The number of hydrogen-bond donors (Lipinski definition) is 1. The van der Waals surface area contributed by atoms with E-state index < -0.39 is 12.6 Å². The van der Waals surface area contributed by atoms with Gasteiger partial charge in [-0.3, -0.25) is 0 Å². The Hall–Kier alpha value is -2.01. The van der Waals surface area contributed by atoms with Gasteiger partial charge >= 0.3 is 5.97 Å². The number of aliphatic carboxylic acids is 1. The third-order valence-corrected chi connectivity index (χ3v) is 7.09. The monoisotopic (exact) mass is 504 g/mol. The van der Waals surface area contributed by atoms with Gasteiger partial charge in [-0.2, -0.15) is 0 Å². The first kappa shape index (κ1) is 26.6. The zero-order valence-corrected chi connectivity index (χ0v) is 22.0. The molecule has 1 aliphatic heterocycles. The molecule has 2 aromatic carbocycles. The van der Waals surface area contributed by atoms with Crippen molar-refractivity contribution >= 4 is 29.2 Å². The summed E-state index contributed by atoms with van der Waals surface area (Å²) in [7, 11) is 0. The number of carboxylic acid groups (broad SMARTS) is 1. The van der Waals surface area contributed by atoms with Crippen LogP contribution in [0.5, 0.6) is 5.75 Å². The molecule has 1 heterocycles. The van der Waals surface area contributed by atoms with Crippen LogP contribution in [0.2, 0.25) is 10.0 Å². The van der Waals surface area contributed by atoms with Gasteiger partial charge in [-0.1, -0.05) is 75.2 Å². The third-order valence-electron chi connectivity index (χ3n) is 6.56. The maximum absolute atomic E-state index is 11.3. The molecule has 0 bridgehead atoms. The first-order valence-corrected chi connectivity index (χ1v) is 12.4. The van der Waals surface area contributed by atoms with Crippen LogP contribution in [0.4, 0.5) is 0 Å². The molecule has 4 atom stereocenters. The van der Waals surface area contributed by atoms with Crippen molar-refractivity contribution in [1.29, 1.82) is 0 Å². The molecule has 6 heteroatoms. The minimum absolute atomic E-state index is 0.00180. The maximum atomic E-state index is 11.3. The highest BCUT2D eigenvalue weighted by Gasteiger charge is 2.41. The van der Waals surface area contributed by atoms with Gasteiger partial charge in [-0.05, 0) is 60.6 Å². The van der Waals surface area contributed by atoms with E-state index in [1.165, 1.54) is 5.56 Å². The summed E-state index contributed by atoms with van der Waals surface area (Å²) in [4.78, 5) is 11.3. The Morgan fingerprint density at radius 1 is 1.21 bits per heavy atom. The fourth-order valence-electron chi connectivity index (χ4n) is 4.66. The highest BCUT2D eigenvalue weighted by Crippen LogP contribution is 2.50. The first-order chi connectivity index (χ1) is 15.9. The van der Waals surface area contributed by atoms with Crippen molar-refractivity contribution in [2.75, 3.05) is 6.61 Å². The average Bonchev–Trinajstić information content (AvgIpc) is 2.76. The van der Waals surface area contributed by atoms with Gasteiger partial charge in [0.25, 0.3) is 0 Å². The van der Waals surface area contributed by atoms with Crippen LogP contribution in [0.1, 0.15) is 76.2 Å². The Labute approximate surface area is 212 Å². The van der Waals surface area contributed by atoms with Crippen LogP contribution >= 0.6 is 23.2 Å². The number of halogens is 2. The lowest BCUT2D eigenvalue weighted by molar-refractivity contribution is -0.139. The number of carbonyl (C=O) groups is 1. The van der Waals surface area contributed by atoms with Gasteiger partial charge in [0.15, 0.2) is 6.61 Å². The van der Waals surface area contributed by atoms with Gasteiger partial charge in [0.1, 0.15) is 5.75 Å². The minimum Gasteiger partial charge on any atom is -0.480 e. The summed E-state index contributed by atoms with van der Waals surface area (Å²) in [5.74, 6) is -0.503. The van der Waals surface area contributed by atoms with E-state index in [2.05, 4.69) is 52.5 Å². The summed E-state index contributed by atoms with van der Waals surface area (Å²) in [5.41, 5.74) is 3.84. The molecule has 0 aromatic heterocycles. The normalized spacial score (nSPS) is 22.9. The molecule has 3 rings (SSSR count). The van der Waals surface area contributed by atoms with E-state index in [9.17, 15) is 9.90 Å². The van der Waals surface area contributed by atoms with Crippen molar-refractivity contribution < 1.29 is 19.4 Å². The van der Waals surface area contributed by atoms with Crippen molar-refractivity contribution in [2.45, 2.75) is 71.0 Å². The molecular weight excluding hydrogens is 471 g/mol. The van der Waals surface area contributed by atoms with Crippen LogP contribution in [-0.4, -0.2) is 23.8 Å². The molecule has 1 N–H and O–H groups in total. The standard InChI is InChI=1S/C28H34Cl2O4/c1-7-24-21(17-8-10-19(29)11-9-17)14-20(16(2)3)26(34-24)22-12-18(28(4,5)6)13-23(30)27(22)33-15-25(31)32/h8-13,20-21,24,26H,2,7,14-15H2,1,3-6H3,(H,31,32)/t20-,21-,24+,26+/m1/s1. The minimum atomic E-state index is -1.06. The van der Waals surface area contributed by atoms with Gasteiger partial charge in [0.2, 0.25) is 0 Å². The van der Waals surface area contributed by atoms with Crippen LogP contribution < -0.4 is 4.74 Å². The third kappa shape index (κ3) is 5.97. The van der Waals surface area contributed by atoms with Crippen LogP contribution in [0, 0.1) is 5.92 Å². The van der Waals surface area contributed by atoms with Crippen LogP contribution in [-0.2, 0) is 14.9 Å². The zero-order chi connectivity index (χ0) is 25.2. The lowest BCUT2D eigenvalue weighted by Gasteiger charge is -2.43. The quantitative estimate of drug-likeness (QED) is 0.388. The van der Waals surface area contributed by atoms with Crippen molar-refractivity contribution in [3.63, 3.8) is 0 Å². The lowest BCUT2D eigenvalue weighted by Crippen LogP contribution is -2.36. The van der Waals surface area contributed by atoms with E-state index in [1.54, 1.807) is 0 Å². The van der Waals surface area contributed by atoms with E-state index in [0.717, 1.165) is 29.5 Å². The molecule has 4 nitrogen and oxygen atoms in total. The average molecular weight is 505 g/mol. The smallest absolute Gasteiger partial charge is 0.341 e. The molecule has 0 unspecified atom stereocenters. The van der Waals surface area contributed by atoms with Gasteiger partial charge < -0.3 is 14.6 Å². The second-order valence-corrected chi connectivity index (χ2v) is 11.0. The summed E-state index contributed by atoms with van der Waals surface area (Å²) in [6, 6.07) is 11.9. The number of ether oxygens (including phenoxy) is 2. The fraction of sp³-hybridized carbons (Fsp3) is 0.464. The van der Waals surface area contributed by atoms with Crippen molar-refractivity contribution in [3.8, 4) is 5.75 Å². The molecule has 0 amide bonds. The Kier molecular flexibility index (Phi) is 8.38. The van der Waals surface area contributed by atoms with Crippen molar-refractivity contribution in [3.05, 3.63) is 75.3 Å². The largest absolute Gasteiger partial charge is 0.480 e. The van der Waals surface area contributed by atoms with Crippen molar-refractivity contribution in [2.24, 2.45) is 5.92 Å². The SMILES string of the molecule is C=C(C)[C@H]1C[C@H](c2ccc(Cl)cc2)[C@H](CC)O[C@@H]1c1cc(C(C)(C)C)cc(Cl)c1OCC(=O)O. The van der Waals surface area contributed by atoms with Crippen LogP contribution in [0.15, 0.2) is 48.6 Å². The molecule has 1 fully saturated rings. The van der Waals surface area contributed by atoms with E-state index in [0.29, 0.717) is 15.8 Å². The summed E-state index contributed by atoms with van der Waals surface area (Å²) < 4.78 is 12.5. The number of hydrogen-bond acceptors (Lipinski definition) is 3. The number of benzene rings is 2. The first-order valence-electron chi connectivity index (χ1n) is 11.7. The Morgan fingerprint density at radius 2 is 1.85 bits per heavy atom. The van der Waals surface area contributed by atoms with E-state index in [1.807, 2.05) is 25.1 Å². The van der Waals surface area contributed by atoms with E-state index in [-0.39, 0.29) is 29.5 Å². The molecule has 184 valence electrons. The Morgan fingerprint density at radius 3 is 2.38 bits per heavy atom. The summed E-state index contributed by atoms with van der Waals surface area (Å²) >= 11 is 12.8. The maximum Gasteiger partial charge on any atom is 0.341 e. The second-order valence-electron chi connectivity index (χ2n) is 10.2. The molecule has 0 radical (unpaired) electrons. The molecule has 1 saturated heterocycles. The predicted octanol–water partition coefficient (Wildman–Crippen LogP) is 7.97. The van der Waals surface area contributed by atoms with Gasteiger partial charge in [-0.15, -0.1) is 0 Å². The lowest BCUT2D eigenvalue weighted by atomic mass is 9.74. The number of rotatable bonds is 7. The fourth-order valence-corrected chi connectivity index (χ4v) is 5.07. The van der Waals surface area contributed by atoms with Gasteiger partial charge in [-0.25, -0.2) is 4.79 Å². The number of carboxylic acids is 1. The highest BCUT2D eigenvalue weighted by molar-refractivity contribution is 6.32. The molecule has 0 aliphatic carbocycles. The van der Waals surface area contributed by atoms with Gasteiger partial charge in [0, 0.05) is 22.4 Å². The Bertz CT molecular complexity index is 1040. The molecule has 1 aliphatic rings. The molecule has 0 saturated carbocycles. The highest BCUT2D eigenvalue weighted by atomic mass is 35.5. The predicted molar refractivity (Wildman–Crippen MR) is 138 cm³/mol. The zero-order valence-electron chi connectivity index (χ0n) is 20.5.